The highest BCUT2D eigenvalue weighted by atomic mass is 16.1. The zero-order valence-corrected chi connectivity index (χ0v) is 13.3. The van der Waals surface area contributed by atoms with Crippen molar-refractivity contribution in [3.05, 3.63) is 57.4 Å². The Morgan fingerprint density at radius 2 is 1.86 bits per heavy atom. The highest BCUT2D eigenvalue weighted by molar-refractivity contribution is 5.62. The van der Waals surface area contributed by atoms with Gasteiger partial charge in [0.1, 0.15) is 0 Å². The Morgan fingerprint density at radius 1 is 1.14 bits per heavy atom. The van der Waals surface area contributed by atoms with E-state index < -0.39 is 0 Å². The molecule has 0 amide bonds. The van der Waals surface area contributed by atoms with Gasteiger partial charge in [0.2, 0.25) is 0 Å². The number of nitrogens with two attached hydrogens (primary N) is 1. The summed E-state index contributed by atoms with van der Waals surface area (Å²) in [5.74, 6) is 0. The topological polar surface area (TPSA) is 48.0 Å². The highest BCUT2D eigenvalue weighted by Crippen LogP contribution is 2.24. The van der Waals surface area contributed by atoms with Gasteiger partial charge in [-0.15, -0.1) is 0 Å². The van der Waals surface area contributed by atoms with Crippen molar-refractivity contribution in [3.8, 4) is 11.3 Å². The minimum atomic E-state index is 0.0302. The molecule has 0 saturated carbocycles. The largest absolute Gasteiger partial charge is 0.326 e. The summed E-state index contributed by atoms with van der Waals surface area (Å²) in [6.45, 7) is 8.64. The molecule has 0 saturated heterocycles. The number of hydrogen-bond acceptors (Lipinski definition) is 2. The van der Waals surface area contributed by atoms with Gasteiger partial charge in [-0.3, -0.25) is 4.79 Å². The molecule has 1 atom stereocenters. The maximum absolute atomic E-state index is 12.6. The van der Waals surface area contributed by atoms with E-state index in [1.54, 1.807) is 0 Å². The fourth-order valence-corrected chi connectivity index (χ4v) is 2.51. The maximum Gasteiger partial charge on any atom is 0.255 e. The van der Waals surface area contributed by atoms with Crippen molar-refractivity contribution in [1.82, 2.24) is 4.57 Å². The van der Waals surface area contributed by atoms with E-state index in [-0.39, 0.29) is 18.1 Å². The second-order valence-electron chi connectivity index (χ2n) is 5.68. The third kappa shape index (κ3) is 2.93. The molecule has 0 aliphatic carbocycles. The number of aryl methyl sites for hydroxylation is 2. The van der Waals surface area contributed by atoms with Crippen LogP contribution in [0.1, 0.15) is 43.0 Å². The van der Waals surface area contributed by atoms with Crippen molar-refractivity contribution >= 4 is 0 Å². The lowest BCUT2D eigenvalue weighted by Crippen LogP contribution is -2.28. The summed E-state index contributed by atoms with van der Waals surface area (Å²) in [7, 11) is 0. The van der Waals surface area contributed by atoms with E-state index in [0.717, 1.165) is 17.7 Å². The molecule has 3 nitrogen and oxygen atoms in total. The number of rotatable bonds is 4. The van der Waals surface area contributed by atoms with Crippen LogP contribution in [0.25, 0.3) is 11.3 Å². The lowest BCUT2D eigenvalue weighted by molar-refractivity contribution is 0.516. The molecule has 0 aliphatic heterocycles. The van der Waals surface area contributed by atoms with Crippen molar-refractivity contribution in [3.63, 3.8) is 0 Å². The zero-order valence-electron chi connectivity index (χ0n) is 13.3. The van der Waals surface area contributed by atoms with Crippen molar-refractivity contribution in [2.75, 3.05) is 0 Å². The molecule has 0 fully saturated rings. The molecule has 0 radical (unpaired) electrons. The van der Waals surface area contributed by atoms with Crippen LogP contribution in [-0.2, 0) is 6.54 Å². The number of aromatic nitrogens is 1. The average Bonchev–Trinajstić information content (AvgIpc) is 2.49. The van der Waals surface area contributed by atoms with Gasteiger partial charge in [-0.2, -0.15) is 0 Å². The summed E-state index contributed by atoms with van der Waals surface area (Å²) in [5, 5.41) is 0. The third-order valence-corrected chi connectivity index (χ3v) is 4.25. The van der Waals surface area contributed by atoms with Gasteiger partial charge < -0.3 is 10.3 Å². The van der Waals surface area contributed by atoms with Gasteiger partial charge in [0.25, 0.3) is 5.56 Å². The molecular weight excluding hydrogens is 260 g/mol. The van der Waals surface area contributed by atoms with E-state index >= 15 is 0 Å². The van der Waals surface area contributed by atoms with Crippen LogP contribution in [0.4, 0.5) is 0 Å². The molecule has 2 N–H and O–H groups in total. The molecule has 1 aromatic heterocycles. The fourth-order valence-electron chi connectivity index (χ4n) is 2.51. The first-order valence-corrected chi connectivity index (χ1v) is 7.51. The smallest absolute Gasteiger partial charge is 0.255 e. The van der Waals surface area contributed by atoms with Crippen LogP contribution in [0.15, 0.2) is 35.1 Å². The first-order valence-electron chi connectivity index (χ1n) is 7.51. The quantitative estimate of drug-likeness (QED) is 0.933. The summed E-state index contributed by atoms with van der Waals surface area (Å²) in [4.78, 5) is 12.6. The van der Waals surface area contributed by atoms with E-state index in [1.807, 2.05) is 16.7 Å². The zero-order chi connectivity index (χ0) is 15.6. The summed E-state index contributed by atoms with van der Waals surface area (Å²) >= 11 is 0. The average molecular weight is 284 g/mol. The monoisotopic (exact) mass is 284 g/mol. The molecule has 1 heterocycles. The molecular formula is C18H24N2O. The SMILES string of the molecule is CCC(C)n1c(-c2ccc(C)c(C)c2)ccc(CN)c1=O. The van der Waals surface area contributed by atoms with Crippen LogP contribution in [0, 0.1) is 13.8 Å². The molecule has 21 heavy (non-hydrogen) atoms. The predicted molar refractivity (Wildman–Crippen MR) is 88.5 cm³/mol. The lowest BCUT2D eigenvalue weighted by Gasteiger charge is -2.20. The molecule has 2 aromatic rings. The lowest BCUT2D eigenvalue weighted by atomic mass is 10.0. The molecule has 0 bridgehead atoms. The Morgan fingerprint density at radius 3 is 2.43 bits per heavy atom. The number of pyridine rings is 1. The van der Waals surface area contributed by atoms with Gasteiger partial charge in [-0.1, -0.05) is 25.1 Å². The molecule has 0 spiro atoms. The minimum absolute atomic E-state index is 0.0302. The summed E-state index contributed by atoms with van der Waals surface area (Å²) in [6.07, 6.45) is 0.909. The Balaban J connectivity index is 2.70. The molecule has 3 heteroatoms. The highest BCUT2D eigenvalue weighted by Gasteiger charge is 2.14. The van der Waals surface area contributed by atoms with Gasteiger partial charge in [0, 0.05) is 18.2 Å². The second kappa shape index (κ2) is 6.27. The summed E-state index contributed by atoms with van der Waals surface area (Å²) in [5.41, 5.74) is 10.9. The van der Waals surface area contributed by atoms with Crippen LogP contribution in [0.3, 0.4) is 0 Å². The van der Waals surface area contributed by atoms with E-state index in [4.69, 9.17) is 5.73 Å². The van der Waals surface area contributed by atoms with Crippen molar-refractivity contribution < 1.29 is 0 Å². The van der Waals surface area contributed by atoms with Gasteiger partial charge in [-0.25, -0.2) is 0 Å². The van der Waals surface area contributed by atoms with Crippen LogP contribution in [-0.4, -0.2) is 4.57 Å². The van der Waals surface area contributed by atoms with Gasteiger partial charge >= 0.3 is 0 Å². The normalized spacial score (nSPS) is 12.4. The van der Waals surface area contributed by atoms with Crippen molar-refractivity contribution in [2.24, 2.45) is 5.73 Å². The summed E-state index contributed by atoms with van der Waals surface area (Å²) < 4.78 is 1.88. The van der Waals surface area contributed by atoms with E-state index in [2.05, 4.69) is 45.9 Å². The van der Waals surface area contributed by atoms with Gasteiger partial charge in [-0.05, 0) is 56.0 Å². The van der Waals surface area contributed by atoms with E-state index in [1.165, 1.54) is 11.1 Å². The Labute approximate surface area is 126 Å². The molecule has 0 aliphatic rings. The number of nitrogens with zero attached hydrogens (tertiary/aromatic N) is 1. The Kier molecular flexibility index (Phi) is 4.63. The van der Waals surface area contributed by atoms with Gasteiger partial charge in [0.05, 0.1) is 5.69 Å². The second-order valence-corrected chi connectivity index (χ2v) is 5.68. The van der Waals surface area contributed by atoms with Crippen molar-refractivity contribution in [2.45, 2.75) is 46.7 Å². The van der Waals surface area contributed by atoms with Crippen molar-refractivity contribution in [1.29, 1.82) is 0 Å². The number of benzene rings is 1. The fraction of sp³-hybridized carbons (Fsp3) is 0.389. The predicted octanol–water partition coefficient (Wildman–Crippen LogP) is 3.56. The standard InChI is InChI=1S/C18H24N2O/c1-5-14(4)20-17(9-8-16(11-19)18(20)21)15-7-6-12(2)13(3)10-15/h6-10,14H,5,11,19H2,1-4H3. The first-order chi connectivity index (χ1) is 9.99. The third-order valence-electron chi connectivity index (χ3n) is 4.25. The Bertz CT molecular complexity index is 701. The molecule has 1 aromatic carbocycles. The molecule has 2 rings (SSSR count). The van der Waals surface area contributed by atoms with Crippen LogP contribution < -0.4 is 11.3 Å². The Hall–Kier alpha value is -1.87. The van der Waals surface area contributed by atoms with Crippen LogP contribution in [0.5, 0.6) is 0 Å². The van der Waals surface area contributed by atoms with Crippen LogP contribution in [0.2, 0.25) is 0 Å². The minimum Gasteiger partial charge on any atom is -0.326 e. The van der Waals surface area contributed by atoms with Crippen LogP contribution >= 0.6 is 0 Å². The first kappa shape index (κ1) is 15.5. The van der Waals surface area contributed by atoms with E-state index in [9.17, 15) is 4.79 Å². The maximum atomic E-state index is 12.6. The van der Waals surface area contributed by atoms with Gasteiger partial charge in [0.15, 0.2) is 0 Å². The number of hydrogen-bond donors (Lipinski definition) is 1. The molecule has 112 valence electrons. The molecule has 1 unspecified atom stereocenters. The van der Waals surface area contributed by atoms with E-state index in [0.29, 0.717) is 5.56 Å². The summed E-state index contributed by atoms with van der Waals surface area (Å²) in [6, 6.07) is 10.3.